The van der Waals surface area contributed by atoms with Crippen molar-refractivity contribution in [2.24, 2.45) is 0 Å². The molecule has 0 spiro atoms. The third kappa shape index (κ3) is 1.58. The Kier molecular flexibility index (Phi) is 1.94. The Morgan fingerprint density at radius 3 is 2.73 bits per heavy atom. The van der Waals surface area contributed by atoms with Crippen LogP contribution in [-0.2, 0) is 0 Å². The summed E-state index contributed by atoms with van der Waals surface area (Å²) in [5.41, 5.74) is 5.70. The first kappa shape index (κ1) is 7.78. The summed E-state index contributed by atoms with van der Waals surface area (Å²) < 4.78 is 1.50. The van der Waals surface area contributed by atoms with Crippen LogP contribution in [0.2, 0.25) is 0 Å². The van der Waals surface area contributed by atoms with Crippen molar-refractivity contribution in [3.05, 3.63) is 22.9 Å². The summed E-state index contributed by atoms with van der Waals surface area (Å²) in [6.07, 6.45) is 2.96. The normalized spacial score (nSPS) is 10.5. The van der Waals surface area contributed by atoms with Crippen molar-refractivity contribution in [1.29, 1.82) is 0 Å². The predicted molar refractivity (Wildman–Crippen MR) is 43.3 cm³/mol. The van der Waals surface area contributed by atoms with E-state index in [2.05, 4.69) is 4.98 Å². The molecule has 60 valence electrons. The maximum atomic E-state index is 11.0. The number of nitrogen functional groups attached to an aromatic ring is 1. The van der Waals surface area contributed by atoms with Crippen LogP contribution in [-0.4, -0.2) is 9.55 Å². The Labute approximate surface area is 64.7 Å². The molecule has 1 rings (SSSR count). The molecule has 1 aromatic heterocycles. The molecular formula is C7H11N3O. The molecule has 0 aromatic carbocycles. The number of nitrogens with two attached hydrogens (primary N) is 1. The van der Waals surface area contributed by atoms with Crippen molar-refractivity contribution in [1.82, 2.24) is 9.55 Å². The van der Waals surface area contributed by atoms with E-state index >= 15 is 0 Å². The van der Waals surface area contributed by atoms with E-state index in [9.17, 15) is 4.79 Å². The van der Waals surface area contributed by atoms with Crippen LogP contribution in [0.1, 0.15) is 19.9 Å². The van der Waals surface area contributed by atoms with Gasteiger partial charge < -0.3 is 5.73 Å². The SMILES string of the molecule is CC(C)n1cc(N)cnc1=O. The molecule has 1 aromatic rings. The second kappa shape index (κ2) is 2.74. The maximum Gasteiger partial charge on any atom is 0.347 e. The van der Waals surface area contributed by atoms with Crippen LogP contribution in [0.3, 0.4) is 0 Å². The minimum Gasteiger partial charge on any atom is -0.396 e. The lowest BCUT2D eigenvalue weighted by atomic mass is 10.4. The summed E-state index contributed by atoms with van der Waals surface area (Å²) in [6, 6.07) is 0.110. The van der Waals surface area contributed by atoms with Crippen LogP contribution in [0, 0.1) is 0 Å². The molecule has 0 aliphatic heterocycles. The molecule has 11 heavy (non-hydrogen) atoms. The zero-order chi connectivity index (χ0) is 8.43. The average Bonchev–Trinajstić information content (AvgIpc) is 1.94. The van der Waals surface area contributed by atoms with Crippen molar-refractivity contribution in [2.75, 3.05) is 5.73 Å². The molecule has 4 nitrogen and oxygen atoms in total. The van der Waals surface area contributed by atoms with Crippen LogP contribution in [0.5, 0.6) is 0 Å². The highest BCUT2D eigenvalue weighted by atomic mass is 16.1. The summed E-state index contributed by atoms with van der Waals surface area (Å²) >= 11 is 0. The molecule has 0 bridgehead atoms. The Hall–Kier alpha value is -1.32. The molecule has 2 N–H and O–H groups in total. The first-order chi connectivity index (χ1) is 5.11. The van der Waals surface area contributed by atoms with E-state index < -0.39 is 0 Å². The molecular weight excluding hydrogens is 142 g/mol. The summed E-state index contributed by atoms with van der Waals surface area (Å²) in [4.78, 5) is 14.6. The Morgan fingerprint density at radius 1 is 1.64 bits per heavy atom. The third-order valence-corrected chi connectivity index (χ3v) is 1.39. The highest BCUT2D eigenvalue weighted by Crippen LogP contribution is 2.01. The van der Waals surface area contributed by atoms with Gasteiger partial charge in [0, 0.05) is 12.2 Å². The smallest absolute Gasteiger partial charge is 0.347 e. The molecule has 0 aliphatic rings. The summed E-state index contributed by atoms with van der Waals surface area (Å²) in [6.45, 7) is 3.81. The minimum absolute atomic E-state index is 0.110. The second-order valence-corrected chi connectivity index (χ2v) is 2.67. The standard InChI is InChI=1S/C7H11N3O/c1-5(2)10-4-6(8)3-9-7(10)11/h3-5H,8H2,1-2H3. The molecule has 4 heteroatoms. The van der Waals surface area contributed by atoms with E-state index in [1.807, 2.05) is 13.8 Å². The van der Waals surface area contributed by atoms with Gasteiger partial charge in [0.15, 0.2) is 0 Å². The van der Waals surface area contributed by atoms with Crippen molar-refractivity contribution in [3.63, 3.8) is 0 Å². The van der Waals surface area contributed by atoms with Gasteiger partial charge >= 0.3 is 5.69 Å². The van der Waals surface area contributed by atoms with E-state index in [1.54, 1.807) is 6.20 Å². The summed E-state index contributed by atoms with van der Waals surface area (Å²) in [7, 11) is 0. The monoisotopic (exact) mass is 153 g/mol. The van der Waals surface area contributed by atoms with Crippen LogP contribution >= 0.6 is 0 Å². The molecule has 0 saturated carbocycles. The Bertz CT molecular complexity index is 303. The number of rotatable bonds is 1. The first-order valence-electron chi connectivity index (χ1n) is 3.45. The number of anilines is 1. The lowest BCUT2D eigenvalue weighted by Gasteiger charge is -2.07. The van der Waals surface area contributed by atoms with Gasteiger partial charge in [-0.3, -0.25) is 4.57 Å². The topological polar surface area (TPSA) is 60.9 Å². The molecule has 0 atom stereocenters. The molecule has 1 heterocycles. The zero-order valence-electron chi connectivity index (χ0n) is 6.61. The predicted octanol–water partition coefficient (Wildman–Crippen LogP) is 0.406. The van der Waals surface area contributed by atoms with Crippen LogP contribution in [0.25, 0.3) is 0 Å². The van der Waals surface area contributed by atoms with E-state index in [4.69, 9.17) is 5.73 Å². The van der Waals surface area contributed by atoms with Gasteiger partial charge in [0.2, 0.25) is 0 Å². The quantitative estimate of drug-likeness (QED) is 0.635. The van der Waals surface area contributed by atoms with Crippen LogP contribution < -0.4 is 11.4 Å². The molecule has 0 saturated heterocycles. The van der Waals surface area contributed by atoms with Crippen molar-refractivity contribution in [2.45, 2.75) is 19.9 Å². The van der Waals surface area contributed by atoms with E-state index in [1.165, 1.54) is 10.8 Å². The van der Waals surface area contributed by atoms with Crippen molar-refractivity contribution < 1.29 is 0 Å². The fraction of sp³-hybridized carbons (Fsp3) is 0.429. The largest absolute Gasteiger partial charge is 0.396 e. The van der Waals surface area contributed by atoms with Gasteiger partial charge in [-0.1, -0.05) is 0 Å². The summed E-state index contributed by atoms with van der Waals surface area (Å²) in [5.74, 6) is 0. The fourth-order valence-corrected chi connectivity index (χ4v) is 0.816. The van der Waals surface area contributed by atoms with Crippen LogP contribution in [0.4, 0.5) is 5.69 Å². The minimum atomic E-state index is -0.255. The van der Waals surface area contributed by atoms with Gasteiger partial charge in [-0.15, -0.1) is 0 Å². The molecule has 0 amide bonds. The van der Waals surface area contributed by atoms with Gasteiger partial charge in [0.1, 0.15) is 0 Å². The average molecular weight is 153 g/mol. The molecule has 0 radical (unpaired) electrons. The number of nitrogens with zero attached hydrogens (tertiary/aromatic N) is 2. The van der Waals surface area contributed by atoms with Gasteiger partial charge in [-0.2, -0.15) is 4.98 Å². The van der Waals surface area contributed by atoms with E-state index in [0.29, 0.717) is 5.69 Å². The van der Waals surface area contributed by atoms with Crippen LogP contribution in [0.15, 0.2) is 17.2 Å². The van der Waals surface area contributed by atoms with E-state index in [-0.39, 0.29) is 11.7 Å². The van der Waals surface area contributed by atoms with E-state index in [0.717, 1.165) is 0 Å². The first-order valence-corrected chi connectivity index (χ1v) is 3.45. The summed E-state index contributed by atoms with van der Waals surface area (Å²) in [5, 5.41) is 0. The molecule has 0 unspecified atom stereocenters. The lowest BCUT2D eigenvalue weighted by Crippen LogP contribution is -2.23. The van der Waals surface area contributed by atoms with Gasteiger partial charge in [0.25, 0.3) is 0 Å². The van der Waals surface area contributed by atoms with Gasteiger partial charge in [-0.05, 0) is 13.8 Å². The van der Waals surface area contributed by atoms with Crippen molar-refractivity contribution in [3.8, 4) is 0 Å². The Morgan fingerprint density at radius 2 is 2.27 bits per heavy atom. The molecule has 0 aliphatic carbocycles. The van der Waals surface area contributed by atoms with Gasteiger partial charge in [-0.25, -0.2) is 4.79 Å². The maximum absolute atomic E-state index is 11.0. The fourth-order valence-electron chi connectivity index (χ4n) is 0.816. The zero-order valence-corrected chi connectivity index (χ0v) is 6.61. The number of hydrogen-bond acceptors (Lipinski definition) is 3. The highest BCUT2D eigenvalue weighted by Gasteiger charge is 2.00. The number of aromatic nitrogens is 2. The van der Waals surface area contributed by atoms with Gasteiger partial charge in [0.05, 0.1) is 11.9 Å². The molecule has 0 fully saturated rings. The second-order valence-electron chi connectivity index (χ2n) is 2.67. The third-order valence-electron chi connectivity index (χ3n) is 1.39. The highest BCUT2D eigenvalue weighted by molar-refractivity contribution is 5.29. The van der Waals surface area contributed by atoms with Crippen molar-refractivity contribution >= 4 is 5.69 Å². The number of hydrogen-bond donors (Lipinski definition) is 1. The lowest BCUT2D eigenvalue weighted by molar-refractivity contribution is 0.565. The Balaban J connectivity index is 3.24.